The molecule has 1 aromatic carbocycles. The number of halogens is 1. The van der Waals surface area contributed by atoms with Crippen LogP contribution in [0.15, 0.2) is 39.4 Å². The fourth-order valence-corrected chi connectivity index (χ4v) is 2.14. The van der Waals surface area contributed by atoms with Gasteiger partial charge in [0.1, 0.15) is 5.76 Å². The lowest BCUT2D eigenvalue weighted by atomic mass is 10.2. The van der Waals surface area contributed by atoms with Crippen LogP contribution in [0.4, 0.5) is 5.69 Å². The van der Waals surface area contributed by atoms with Crippen LogP contribution in [0.1, 0.15) is 19.6 Å². The van der Waals surface area contributed by atoms with E-state index in [1.807, 2.05) is 44.2 Å². The lowest BCUT2D eigenvalue weighted by Gasteiger charge is -2.13. The largest absolute Gasteiger partial charge is 0.490 e. The van der Waals surface area contributed by atoms with Gasteiger partial charge in [-0.25, -0.2) is 0 Å². The van der Waals surface area contributed by atoms with Crippen molar-refractivity contribution >= 4 is 21.6 Å². The summed E-state index contributed by atoms with van der Waals surface area (Å²) in [5.41, 5.74) is 0.962. The van der Waals surface area contributed by atoms with Crippen LogP contribution in [0.5, 0.6) is 11.5 Å². The Balaban J connectivity index is 2.05. The topological polar surface area (TPSA) is 43.6 Å². The molecule has 5 heteroatoms. The average molecular weight is 340 g/mol. The van der Waals surface area contributed by atoms with E-state index < -0.39 is 0 Å². The first-order chi connectivity index (χ1) is 9.72. The summed E-state index contributed by atoms with van der Waals surface area (Å²) in [7, 11) is 0. The van der Waals surface area contributed by atoms with Crippen LogP contribution in [0.25, 0.3) is 0 Å². The molecule has 1 N–H and O–H groups in total. The van der Waals surface area contributed by atoms with Crippen molar-refractivity contribution in [1.82, 2.24) is 0 Å². The molecule has 0 saturated carbocycles. The predicted octanol–water partition coefficient (Wildman–Crippen LogP) is 4.45. The number of hydrogen-bond acceptors (Lipinski definition) is 4. The maximum Gasteiger partial charge on any atom is 0.169 e. The molecule has 4 nitrogen and oxygen atoms in total. The van der Waals surface area contributed by atoms with Gasteiger partial charge in [-0.15, -0.1) is 0 Å². The van der Waals surface area contributed by atoms with E-state index in [0.717, 1.165) is 27.6 Å². The molecule has 0 aliphatic rings. The highest BCUT2D eigenvalue weighted by molar-refractivity contribution is 9.10. The van der Waals surface area contributed by atoms with Crippen molar-refractivity contribution in [2.75, 3.05) is 18.5 Å². The average Bonchev–Trinajstić information content (AvgIpc) is 2.85. The summed E-state index contributed by atoms with van der Waals surface area (Å²) in [4.78, 5) is 0. The monoisotopic (exact) mass is 339 g/mol. The molecule has 0 unspecified atom stereocenters. The van der Waals surface area contributed by atoms with E-state index in [2.05, 4.69) is 21.2 Å². The van der Waals surface area contributed by atoms with Gasteiger partial charge in [0, 0.05) is 11.8 Å². The maximum atomic E-state index is 5.59. The first-order valence-corrected chi connectivity index (χ1v) is 7.40. The van der Waals surface area contributed by atoms with Crippen molar-refractivity contribution in [3.8, 4) is 11.5 Å². The Kier molecular flexibility index (Phi) is 5.35. The summed E-state index contributed by atoms with van der Waals surface area (Å²) in [6, 6.07) is 9.61. The molecule has 1 aromatic heterocycles. The minimum Gasteiger partial charge on any atom is -0.490 e. The third-order valence-corrected chi connectivity index (χ3v) is 3.07. The van der Waals surface area contributed by atoms with Gasteiger partial charge in [-0.1, -0.05) is 0 Å². The first-order valence-electron chi connectivity index (χ1n) is 6.60. The summed E-state index contributed by atoms with van der Waals surface area (Å²) in [5.74, 6) is 2.38. The van der Waals surface area contributed by atoms with E-state index in [4.69, 9.17) is 13.9 Å². The van der Waals surface area contributed by atoms with Gasteiger partial charge >= 0.3 is 0 Å². The van der Waals surface area contributed by atoms with Crippen molar-refractivity contribution in [2.24, 2.45) is 0 Å². The van der Waals surface area contributed by atoms with Gasteiger partial charge in [0.25, 0.3) is 0 Å². The summed E-state index contributed by atoms with van der Waals surface area (Å²) in [5, 5.41) is 3.29. The van der Waals surface area contributed by atoms with Crippen LogP contribution in [0.2, 0.25) is 0 Å². The Labute approximate surface area is 127 Å². The fraction of sp³-hybridized carbons (Fsp3) is 0.333. The van der Waals surface area contributed by atoms with Gasteiger partial charge in [-0.05, 0) is 54.0 Å². The number of benzene rings is 1. The van der Waals surface area contributed by atoms with Gasteiger partial charge in [0.05, 0.1) is 19.8 Å². The molecule has 0 radical (unpaired) electrons. The highest BCUT2D eigenvalue weighted by atomic mass is 79.9. The van der Waals surface area contributed by atoms with E-state index in [-0.39, 0.29) is 0 Å². The van der Waals surface area contributed by atoms with Crippen LogP contribution in [0.3, 0.4) is 0 Å². The standard InChI is InChI=1S/C15H18BrNO3/c1-3-18-13-7-5-11(9-14(13)19-4-2)17-10-12-6-8-15(16)20-12/h5-9,17H,3-4,10H2,1-2H3. The van der Waals surface area contributed by atoms with E-state index >= 15 is 0 Å². The van der Waals surface area contributed by atoms with E-state index in [9.17, 15) is 0 Å². The highest BCUT2D eigenvalue weighted by Gasteiger charge is 2.06. The van der Waals surface area contributed by atoms with Crippen molar-refractivity contribution in [3.05, 3.63) is 40.8 Å². The summed E-state index contributed by atoms with van der Waals surface area (Å²) < 4.78 is 17.3. The first kappa shape index (κ1) is 14.8. The smallest absolute Gasteiger partial charge is 0.169 e. The predicted molar refractivity (Wildman–Crippen MR) is 82.5 cm³/mol. The van der Waals surface area contributed by atoms with E-state index in [0.29, 0.717) is 19.8 Å². The van der Waals surface area contributed by atoms with Gasteiger partial charge in [0.2, 0.25) is 0 Å². The fourth-order valence-electron chi connectivity index (χ4n) is 1.80. The number of rotatable bonds is 7. The molecule has 0 aliphatic carbocycles. The SMILES string of the molecule is CCOc1ccc(NCc2ccc(Br)o2)cc1OCC. The molecule has 0 amide bonds. The second kappa shape index (κ2) is 7.24. The number of furan rings is 1. The van der Waals surface area contributed by atoms with Crippen molar-refractivity contribution in [3.63, 3.8) is 0 Å². The second-order valence-corrected chi connectivity index (χ2v) is 4.87. The minimum atomic E-state index is 0.606. The quantitative estimate of drug-likeness (QED) is 0.809. The van der Waals surface area contributed by atoms with Crippen LogP contribution in [-0.2, 0) is 6.54 Å². The summed E-state index contributed by atoms with van der Waals surface area (Å²) >= 11 is 3.29. The van der Waals surface area contributed by atoms with Gasteiger partial charge in [-0.2, -0.15) is 0 Å². The van der Waals surface area contributed by atoms with Gasteiger partial charge < -0.3 is 19.2 Å². The molecule has 0 spiro atoms. The molecular formula is C15H18BrNO3. The number of hydrogen-bond donors (Lipinski definition) is 1. The number of ether oxygens (including phenoxy) is 2. The highest BCUT2D eigenvalue weighted by Crippen LogP contribution is 2.30. The van der Waals surface area contributed by atoms with Crippen LogP contribution in [-0.4, -0.2) is 13.2 Å². The molecule has 0 fully saturated rings. The molecule has 108 valence electrons. The molecule has 0 aliphatic heterocycles. The van der Waals surface area contributed by atoms with Crippen molar-refractivity contribution in [2.45, 2.75) is 20.4 Å². The van der Waals surface area contributed by atoms with E-state index in [1.165, 1.54) is 0 Å². The molecule has 2 rings (SSSR count). The van der Waals surface area contributed by atoms with Crippen molar-refractivity contribution < 1.29 is 13.9 Å². The lowest BCUT2D eigenvalue weighted by Crippen LogP contribution is -2.01. The van der Waals surface area contributed by atoms with Crippen LogP contribution in [0, 0.1) is 0 Å². The molecule has 1 heterocycles. The molecule has 2 aromatic rings. The Hall–Kier alpha value is -1.62. The Morgan fingerprint density at radius 3 is 2.45 bits per heavy atom. The maximum absolute atomic E-state index is 5.59. The zero-order valence-electron chi connectivity index (χ0n) is 11.6. The third kappa shape index (κ3) is 3.93. The van der Waals surface area contributed by atoms with E-state index in [1.54, 1.807) is 0 Å². The molecule has 0 saturated heterocycles. The molecule has 0 bridgehead atoms. The Morgan fingerprint density at radius 2 is 1.80 bits per heavy atom. The zero-order chi connectivity index (χ0) is 14.4. The third-order valence-electron chi connectivity index (χ3n) is 2.64. The van der Waals surface area contributed by atoms with Gasteiger partial charge in [-0.3, -0.25) is 0 Å². The number of nitrogens with one attached hydrogen (secondary N) is 1. The Bertz CT molecular complexity index is 554. The normalized spacial score (nSPS) is 10.3. The Morgan fingerprint density at radius 1 is 1.05 bits per heavy atom. The zero-order valence-corrected chi connectivity index (χ0v) is 13.2. The second-order valence-electron chi connectivity index (χ2n) is 4.09. The summed E-state index contributed by atoms with van der Waals surface area (Å²) in [6.07, 6.45) is 0. The van der Waals surface area contributed by atoms with Crippen LogP contribution >= 0.6 is 15.9 Å². The number of anilines is 1. The van der Waals surface area contributed by atoms with Crippen LogP contribution < -0.4 is 14.8 Å². The molecule has 0 atom stereocenters. The molecular weight excluding hydrogens is 322 g/mol. The molecule has 20 heavy (non-hydrogen) atoms. The van der Waals surface area contributed by atoms with Gasteiger partial charge in [0.15, 0.2) is 16.2 Å². The lowest BCUT2D eigenvalue weighted by molar-refractivity contribution is 0.288. The minimum absolute atomic E-state index is 0.606. The summed E-state index contributed by atoms with van der Waals surface area (Å²) in [6.45, 7) is 5.75. The van der Waals surface area contributed by atoms with Crippen molar-refractivity contribution in [1.29, 1.82) is 0 Å².